The van der Waals surface area contributed by atoms with Gasteiger partial charge in [0.25, 0.3) is 0 Å². The molecule has 1 unspecified atom stereocenters. The first-order chi connectivity index (χ1) is 8.09. The summed E-state index contributed by atoms with van der Waals surface area (Å²) < 4.78 is 0. The molecule has 0 fully saturated rings. The topological polar surface area (TPSA) is 33.1 Å². The van der Waals surface area contributed by atoms with Gasteiger partial charge in [-0.15, -0.1) is 0 Å². The number of aliphatic hydroxyl groups excluding tert-OH is 1. The molecule has 1 N–H and O–H groups in total. The van der Waals surface area contributed by atoms with Crippen molar-refractivity contribution in [2.75, 3.05) is 0 Å². The Hall–Kier alpha value is -1.67. The molecule has 0 bridgehead atoms. The van der Waals surface area contributed by atoms with Crippen molar-refractivity contribution in [1.82, 2.24) is 4.98 Å². The third-order valence-corrected chi connectivity index (χ3v) is 3.07. The molecule has 0 saturated heterocycles. The largest absolute Gasteiger partial charge is 0.384 e. The van der Waals surface area contributed by atoms with Crippen LogP contribution in [0.5, 0.6) is 0 Å². The molecule has 1 atom stereocenters. The van der Waals surface area contributed by atoms with Gasteiger partial charge in [-0.25, -0.2) is 0 Å². The molecule has 0 amide bonds. The normalized spacial score (nSPS) is 12.5. The van der Waals surface area contributed by atoms with Gasteiger partial charge in [0.2, 0.25) is 0 Å². The molecule has 0 aliphatic heterocycles. The second kappa shape index (κ2) is 4.68. The lowest BCUT2D eigenvalue weighted by atomic mass is 9.95. The monoisotopic (exact) mass is 227 g/mol. The van der Waals surface area contributed by atoms with Gasteiger partial charge in [-0.2, -0.15) is 0 Å². The summed E-state index contributed by atoms with van der Waals surface area (Å²) in [5.74, 6) is 0. The van der Waals surface area contributed by atoms with E-state index < -0.39 is 6.10 Å². The number of aliphatic hydroxyl groups is 1. The Morgan fingerprint density at radius 1 is 1.06 bits per heavy atom. The van der Waals surface area contributed by atoms with Crippen molar-refractivity contribution in [3.05, 3.63) is 64.5 Å². The van der Waals surface area contributed by atoms with Crippen LogP contribution in [-0.4, -0.2) is 10.1 Å². The highest BCUT2D eigenvalue weighted by atomic mass is 16.3. The first kappa shape index (κ1) is 11.8. The summed E-state index contributed by atoms with van der Waals surface area (Å²) in [7, 11) is 0. The van der Waals surface area contributed by atoms with Crippen LogP contribution in [0, 0.1) is 20.8 Å². The minimum absolute atomic E-state index is 0.594. The van der Waals surface area contributed by atoms with Gasteiger partial charge < -0.3 is 5.11 Å². The zero-order valence-corrected chi connectivity index (χ0v) is 10.4. The van der Waals surface area contributed by atoms with Crippen molar-refractivity contribution >= 4 is 0 Å². The van der Waals surface area contributed by atoms with Crippen molar-refractivity contribution in [3.63, 3.8) is 0 Å². The quantitative estimate of drug-likeness (QED) is 0.855. The van der Waals surface area contributed by atoms with Gasteiger partial charge in [0.05, 0.1) is 0 Å². The summed E-state index contributed by atoms with van der Waals surface area (Å²) in [6, 6.07) is 9.92. The predicted octanol–water partition coefficient (Wildman–Crippen LogP) is 3.09. The van der Waals surface area contributed by atoms with E-state index in [2.05, 4.69) is 11.1 Å². The number of aryl methyl sites for hydroxylation is 3. The van der Waals surface area contributed by atoms with Gasteiger partial charge in [0, 0.05) is 17.5 Å². The van der Waals surface area contributed by atoms with E-state index in [1.807, 2.05) is 45.0 Å². The van der Waals surface area contributed by atoms with E-state index in [0.29, 0.717) is 0 Å². The van der Waals surface area contributed by atoms with Crippen molar-refractivity contribution in [1.29, 1.82) is 0 Å². The van der Waals surface area contributed by atoms with Crippen molar-refractivity contribution in [2.24, 2.45) is 0 Å². The van der Waals surface area contributed by atoms with Crippen LogP contribution in [0.3, 0.4) is 0 Å². The minimum atomic E-state index is -0.594. The van der Waals surface area contributed by atoms with Gasteiger partial charge in [-0.3, -0.25) is 4.98 Å². The first-order valence-electron chi connectivity index (χ1n) is 5.76. The lowest BCUT2D eigenvalue weighted by Crippen LogP contribution is -2.05. The zero-order valence-electron chi connectivity index (χ0n) is 10.4. The first-order valence-corrected chi connectivity index (χ1v) is 5.76. The average molecular weight is 227 g/mol. The minimum Gasteiger partial charge on any atom is -0.384 e. The van der Waals surface area contributed by atoms with Gasteiger partial charge in [0.15, 0.2) is 0 Å². The fraction of sp³-hybridized carbons (Fsp3) is 0.267. The molecule has 0 aliphatic rings. The molecule has 0 saturated carbocycles. The molecule has 88 valence electrons. The van der Waals surface area contributed by atoms with E-state index in [1.165, 1.54) is 0 Å². The molecule has 2 heteroatoms. The highest BCUT2D eigenvalue weighted by molar-refractivity contribution is 5.38. The SMILES string of the molecule is Cc1ccc(C)c(C(O)c2cccnc2C)c1. The van der Waals surface area contributed by atoms with E-state index >= 15 is 0 Å². The fourth-order valence-corrected chi connectivity index (χ4v) is 2.01. The predicted molar refractivity (Wildman–Crippen MR) is 69.0 cm³/mol. The Kier molecular flexibility index (Phi) is 3.25. The Morgan fingerprint density at radius 3 is 2.53 bits per heavy atom. The number of nitrogens with zero attached hydrogens (tertiary/aromatic N) is 1. The van der Waals surface area contributed by atoms with Crippen LogP contribution in [0.2, 0.25) is 0 Å². The van der Waals surface area contributed by atoms with Crippen LogP contribution in [0.25, 0.3) is 0 Å². The molecule has 0 spiro atoms. The third kappa shape index (κ3) is 2.37. The maximum atomic E-state index is 10.4. The van der Waals surface area contributed by atoms with Crippen LogP contribution in [0.1, 0.15) is 34.1 Å². The Labute approximate surface area is 102 Å². The summed E-state index contributed by atoms with van der Waals surface area (Å²) in [4.78, 5) is 4.22. The van der Waals surface area contributed by atoms with Crippen molar-refractivity contribution in [3.8, 4) is 0 Å². The van der Waals surface area contributed by atoms with Gasteiger partial charge in [-0.1, -0.05) is 29.8 Å². The maximum absolute atomic E-state index is 10.4. The molecular weight excluding hydrogens is 210 g/mol. The molecule has 1 aromatic carbocycles. The van der Waals surface area contributed by atoms with Gasteiger partial charge in [-0.05, 0) is 38.0 Å². The molecule has 1 aromatic heterocycles. The molecule has 17 heavy (non-hydrogen) atoms. The van der Waals surface area contributed by atoms with Crippen LogP contribution in [0.4, 0.5) is 0 Å². The van der Waals surface area contributed by atoms with Crippen LogP contribution in [-0.2, 0) is 0 Å². The Bertz CT molecular complexity index is 534. The van der Waals surface area contributed by atoms with Crippen molar-refractivity contribution < 1.29 is 5.11 Å². The highest BCUT2D eigenvalue weighted by Gasteiger charge is 2.15. The highest BCUT2D eigenvalue weighted by Crippen LogP contribution is 2.26. The average Bonchev–Trinajstić information content (AvgIpc) is 2.32. The second-order valence-corrected chi connectivity index (χ2v) is 4.44. The van der Waals surface area contributed by atoms with Crippen LogP contribution < -0.4 is 0 Å². The van der Waals surface area contributed by atoms with Gasteiger partial charge >= 0.3 is 0 Å². The Morgan fingerprint density at radius 2 is 1.82 bits per heavy atom. The van der Waals surface area contributed by atoms with E-state index in [9.17, 15) is 5.11 Å². The number of aromatic nitrogens is 1. The smallest absolute Gasteiger partial charge is 0.106 e. The lowest BCUT2D eigenvalue weighted by molar-refractivity contribution is 0.218. The number of pyridine rings is 1. The molecular formula is C15H17NO. The van der Waals surface area contributed by atoms with Crippen LogP contribution >= 0.6 is 0 Å². The molecule has 0 aliphatic carbocycles. The molecule has 2 nitrogen and oxygen atoms in total. The van der Waals surface area contributed by atoms with E-state index in [1.54, 1.807) is 6.20 Å². The maximum Gasteiger partial charge on any atom is 0.106 e. The molecule has 2 aromatic rings. The second-order valence-electron chi connectivity index (χ2n) is 4.44. The third-order valence-electron chi connectivity index (χ3n) is 3.07. The molecule has 2 rings (SSSR count). The fourth-order valence-electron chi connectivity index (χ4n) is 2.01. The number of hydrogen-bond acceptors (Lipinski definition) is 2. The van der Waals surface area contributed by atoms with Crippen molar-refractivity contribution in [2.45, 2.75) is 26.9 Å². The summed E-state index contributed by atoms with van der Waals surface area (Å²) in [6.07, 6.45) is 1.15. The van der Waals surface area contributed by atoms with E-state index in [4.69, 9.17) is 0 Å². The number of hydrogen-bond donors (Lipinski definition) is 1. The van der Waals surface area contributed by atoms with Gasteiger partial charge in [0.1, 0.15) is 6.10 Å². The number of rotatable bonds is 2. The summed E-state index contributed by atoms with van der Waals surface area (Å²) in [5.41, 5.74) is 4.97. The Balaban J connectivity index is 2.47. The zero-order chi connectivity index (χ0) is 12.4. The molecule has 1 heterocycles. The summed E-state index contributed by atoms with van der Waals surface area (Å²) in [6.45, 7) is 5.97. The lowest BCUT2D eigenvalue weighted by Gasteiger charge is -2.16. The summed E-state index contributed by atoms with van der Waals surface area (Å²) in [5, 5.41) is 10.4. The number of benzene rings is 1. The van der Waals surface area contributed by atoms with Crippen LogP contribution in [0.15, 0.2) is 36.5 Å². The van der Waals surface area contributed by atoms with E-state index in [0.717, 1.165) is 27.9 Å². The summed E-state index contributed by atoms with van der Waals surface area (Å²) >= 11 is 0. The van der Waals surface area contributed by atoms with E-state index in [-0.39, 0.29) is 0 Å². The standard InChI is InChI=1S/C15H17NO/c1-10-6-7-11(2)14(9-10)15(17)13-5-4-8-16-12(13)3/h4-9,15,17H,1-3H3. The molecule has 0 radical (unpaired) electrons.